The van der Waals surface area contributed by atoms with Crippen molar-refractivity contribution in [3.63, 3.8) is 0 Å². The van der Waals surface area contributed by atoms with E-state index >= 15 is 0 Å². The van der Waals surface area contributed by atoms with Crippen molar-refractivity contribution in [2.75, 3.05) is 23.3 Å². The SMILES string of the molecule is C[C@H]1CCCN(Cc2cc3c(c(C(F)(F)F)c2)CN(c2cc(-c4cc(C#N)ccc4-c4nncn4C)cc(NC4(CC#N)CC4)n2)C3=O)C1. The Morgan fingerprint density at radius 1 is 1.08 bits per heavy atom. The molecule has 0 radical (unpaired) electrons. The first-order chi connectivity index (χ1) is 23.5. The van der Waals surface area contributed by atoms with Crippen LogP contribution in [-0.4, -0.2) is 49.2 Å². The zero-order chi connectivity index (χ0) is 34.5. The zero-order valence-electron chi connectivity index (χ0n) is 27.2. The van der Waals surface area contributed by atoms with E-state index in [-0.39, 0.29) is 29.9 Å². The molecule has 1 atom stereocenters. The van der Waals surface area contributed by atoms with Gasteiger partial charge in [-0.3, -0.25) is 14.6 Å². The highest BCUT2D eigenvalue weighted by molar-refractivity contribution is 6.10. The molecule has 2 fully saturated rings. The second-order valence-electron chi connectivity index (χ2n) is 13.5. The molecular formula is C36H34F3N9O. The number of nitriles is 2. The average molecular weight is 666 g/mol. The molecule has 4 heterocycles. The number of alkyl halides is 3. The summed E-state index contributed by atoms with van der Waals surface area (Å²) in [5, 5.41) is 30.9. The molecule has 7 rings (SSSR count). The molecule has 10 nitrogen and oxygen atoms in total. The molecule has 2 aliphatic heterocycles. The number of nitrogens with zero attached hydrogens (tertiary/aromatic N) is 8. The number of anilines is 2. The fourth-order valence-electron chi connectivity index (χ4n) is 7.05. The molecule has 1 aliphatic carbocycles. The lowest BCUT2D eigenvalue weighted by molar-refractivity contribution is -0.138. The monoisotopic (exact) mass is 665 g/mol. The number of likely N-dealkylation sites (tertiary alicyclic amines) is 1. The van der Waals surface area contributed by atoms with Gasteiger partial charge in [-0.1, -0.05) is 6.92 Å². The number of benzene rings is 2. The van der Waals surface area contributed by atoms with Crippen molar-refractivity contribution in [1.82, 2.24) is 24.6 Å². The number of hydrogen-bond acceptors (Lipinski definition) is 8. The quantitative estimate of drug-likeness (QED) is 0.221. The number of fused-ring (bicyclic) bond motifs is 1. The summed E-state index contributed by atoms with van der Waals surface area (Å²) in [5.41, 5.74) is 1.30. The number of pyridine rings is 1. The average Bonchev–Trinajstić information content (AvgIpc) is 3.54. The molecule has 2 aromatic heterocycles. The summed E-state index contributed by atoms with van der Waals surface area (Å²) in [6, 6.07) is 15.7. The van der Waals surface area contributed by atoms with E-state index in [2.05, 4.69) is 39.5 Å². The van der Waals surface area contributed by atoms with Gasteiger partial charge in [0.2, 0.25) is 0 Å². The molecule has 3 aliphatic rings. The van der Waals surface area contributed by atoms with Crippen molar-refractivity contribution in [2.45, 2.75) is 63.8 Å². The number of nitrogens with one attached hydrogen (secondary N) is 1. The van der Waals surface area contributed by atoms with Crippen LogP contribution in [0.2, 0.25) is 0 Å². The third-order valence-corrected chi connectivity index (χ3v) is 9.72. The van der Waals surface area contributed by atoms with Gasteiger partial charge in [0, 0.05) is 31.3 Å². The number of aryl methyl sites for hydroxylation is 1. The first-order valence-corrected chi connectivity index (χ1v) is 16.3. The van der Waals surface area contributed by atoms with E-state index in [1.165, 1.54) is 11.0 Å². The van der Waals surface area contributed by atoms with Gasteiger partial charge < -0.3 is 9.88 Å². The number of rotatable bonds is 8. The molecule has 49 heavy (non-hydrogen) atoms. The van der Waals surface area contributed by atoms with Gasteiger partial charge in [-0.05, 0) is 103 Å². The third-order valence-electron chi connectivity index (χ3n) is 9.72. The van der Waals surface area contributed by atoms with Crippen molar-refractivity contribution < 1.29 is 18.0 Å². The minimum Gasteiger partial charge on any atom is -0.364 e. The summed E-state index contributed by atoms with van der Waals surface area (Å²) in [6.07, 6.45) is 0.697. The lowest BCUT2D eigenvalue weighted by Crippen LogP contribution is -2.33. The van der Waals surface area contributed by atoms with E-state index in [0.29, 0.717) is 51.9 Å². The Bertz CT molecular complexity index is 2040. The van der Waals surface area contributed by atoms with Crippen LogP contribution in [0.5, 0.6) is 0 Å². The van der Waals surface area contributed by atoms with Gasteiger partial charge in [0.05, 0.1) is 41.8 Å². The van der Waals surface area contributed by atoms with Gasteiger partial charge in [0.1, 0.15) is 18.0 Å². The molecule has 13 heteroatoms. The van der Waals surface area contributed by atoms with Crippen molar-refractivity contribution in [3.8, 4) is 34.7 Å². The largest absolute Gasteiger partial charge is 0.416 e. The lowest BCUT2D eigenvalue weighted by atomic mass is 9.96. The van der Waals surface area contributed by atoms with Gasteiger partial charge >= 0.3 is 6.18 Å². The topological polar surface area (TPSA) is 127 Å². The van der Waals surface area contributed by atoms with E-state index < -0.39 is 23.2 Å². The van der Waals surface area contributed by atoms with Crippen molar-refractivity contribution >= 4 is 17.5 Å². The molecule has 1 saturated heterocycles. The van der Waals surface area contributed by atoms with E-state index in [0.717, 1.165) is 38.8 Å². The predicted molar refractivity (Wildman–Crippen MR) is 176 cm³/mol. The van der Waals surface area contributed by atoms with Gasteiger partial charge in [-0.2, -0.15) is 23.7 Å². The number of piperidine rings is 1. The maximum absolute atomic E-state index is 14.6. The van der Waals surface area contributed by atoms with Crippen LogP contribution in [0.3, 0.4) is 0 Å². The highest BCUT2D eigenvalue weighted by atomic mass is 19.4. The molecule has 0 spiro atoms. The number of aromatic nitrogens is 4. The van der Waals surface area contributed by atoms with Crippen LogP contribution in [0.4, 0.5) is 24.8 Å². The van der Waals surface area contributed by atoms with Crippen LogP contribution in [0, 0.1) is 28.6 Å². The highest BCUT2D eigenvalue weighted by Crippen LogP contribution is 2.44. The normalized spacial score (nSPS) is 18.6. The fraction of sp³-hybridized carbons (Fsp3) is 0.389. The molecule has 1 N–H and O–H groups in total. The van der Waals surface area contributed by atoms with Gasteiger partial charge in [-0.25, -0.2) is 4.98 Å². The third kappa shape index (κ3) is 6.34. The molecule has 2 aromatic carbocycles. The minimum atomic E-state index is -4.66. The van der Waals surface area contributed by atoms with Crippen molar-refractivity contribution in [1.29, 1.82) is 10.5 Å². The number of hydrogen-bond donors (Lipinski definition) is 1. The first kappa shape index (κ1) is 32.3. The summed E-state index contributed by atoms with van der Waals surface area (Å²) in [7, 11) is 1.79. The van der Waals surface area contributed by atoms with Crippen LogP contribution >= 0.6 is 0 Å². The zero-order valence-corrected chi connectivity index (χ0v) is 27.2. The van der Waals surface area contributed by atoms with Crippen LogP contribution in [-0.2, 0) is 26.3 Å². The Balaban J connectivity index is 1.33. The molecule has 0 unspecified atom stereocenters. The fourth-order valence-corrected chi connectivity index (χ4v) is 7.05. The maximum Gasteiger partial charge on any atom is 0.416 e. The van der Waals surface area contributed by atoms with Crippen molar-refractivity contribution in [3.05, 3.63) is 76.6 Å². The smallest absolute Gasteiger partial charge is 0.364 e. The molecule has 250 valence electrons. The number of amides is 1. The molecule has 0 bridgehead atoms. The van der Waals surface area contributed by atoms with Crippen molar-refractivity contribution in [2.24, 2.45) is 13.0 Å². The summed E-state index contributed by atoms with van der Waals surface area (Å²) in [4.78, 5) is 22.3. The van der Waals surface area contributed by atoms with Gasteiger partial charge in [-0.15, -0.1) is 10.2 Å². The van der Waals surface area contributed by atoms with Crippen LogP contribution in [0.1, 0.15) is 71.6 Å². The summed E-state index contributed by atoms with van der Waals surface area (Å²) >= 11 is 0. The minimum absolute atomic E-state index is 0.0194. The Morgan fingerprint density at radius 2 is 1.90 bits per heavy atom. The van der Waals surface area contributed by atoms with E-state index in [9.17, 15) is 28.5 Å². The summed E-state index contributed by atoms with van der Waals surface area (Å²) in [6.45, 7) is 3.75. The Morgan fingerprint density at radius 3 is 2.57 bits per heavy atom. The molecule has 4 aromatic rings. The number of carbonyl (C=O) groups excluding carboxylic acids is 1. The second-order valence-corrected chi connectivity index (χ2v) is 13.5. The summed E-state index contributed by atoms with van der Waals surface area (Å²) < 4.78 is 45.5. The van der Waals surface area contributed by atoms with Crippen LogP contribution in [0.15, 0.2) is 48.8 Å². The van der Waals surface area contributed by atoms with E-state index in [1.54, 1.807) is 54.3 Å². The number of halogens is 3. The highest BCUT2D eigenvalue weighted by Gasteiger charge is 2.44. The molecule has 1 amide bonds. The molecular weight excluding hydrogens is 631 g/mol. The lowest BCUT2D eigenvalue weighted by Gasteiger charge is -2.31. The number of carbonyl (C=O) groups is 1. The van der Waals surface area contributed by atoms with E-state index in [1.807, 2.05) is 0 Å². The maximum atomic E-state index is 14.6. The molecule has 1 saturated carbocycles. The van der Waals surface area contributed by atoms with Gasteiger partial charge in [0.25, 0.3) is 5.91 Å². The Kier molecular flexibility index (Phi) is 8.11. The predicted octanol–water partition coefficient (Wildman–Crippen LogP) is 6.69. The van der Waals surface area contributed by atoms with Crippen LogP contribution < -0.4 is 10.2 Å². The standard InChI is InChI=1S/C36H34F3N9O/c1-22-4-3-11-47(18-22)19-24-13-28-29(30(14-24)36(37,38)39)20-48(34(28)49)32-16-25(15-31(43-32)44-35(7-8-35)9-10-40)27-12-23(17-41)5-6-26(27)33-45-42-21-46(33)2/h5-6,12-16,21-22H,3-4,7-9,11,18-20H2,1-2H3,(H,43,44)/t22-/m0/s1. The van der Waals surface area contributed by atoms with E-state index in [4.69, 9.17) is 4.98 Å². The van der Waals surface area contributed by atoms with Crippen LogP contribution in [0.25, 0.3) is 22.5 Å². The second kappa shape index (κ2) is 12.3. The Hall–Kier alpha value is -5.27. The van der Waals surface area contributed by atoms with Gasteiger partial charge in [0.15, 0.2) is 5.82 Å². The summed E-state index contributed by atoms with van der Waals surface area (Å²) in [5.74, 6) is 0.938. The Labute approximate surface area is 281 Å². The first-order valence-electron chi connectivity index (χ1n) is 16.3.